The second kappa shape index (κ2) is 7.96. The first-order valence-electron chi connectivity index (χ1n) is 9.54. The average Bonchev–Trinajstić information content (AvgIpc) is 2.81. The van der Waals surface area contributed by atoms with Gasteiger partial charge in [0.1, 0.15) is 0 Å². The second-order valence-corrected chi connectivity index (χ2v) is 16.1. The van der Waals surface area contributed by atoms with Crippen LogP contribution in [0.3, 0.4) is 0 Å². The molecule has 0 aromatic heterocycles. The van der Waals surface area contributed by atoms with Crippen LogP contribution in [-0.2, 0) is 6.16 Å². The average molecular weight is 458 g/mol. The van der Waals surface area contributed by atoms with Crippen LogP contribution in [-0.4, -0.2) is 0 Å². The van der Waals surface area contributed by atoms with E-state index >= 15 is 0 Å². The Morgan fingerprint density at radius 3 is 1.48 bits per heavy atom. The quantitative estimate of drug-likeness (QED) is 0.342. The fourth-order valence-corrected chi connectivity index (χ4v) is 11.7. The van der Waals surface area contributed by atoms with E-state index in [1.807, 2.05) is 18.2 Å². The molecule has 29 heavy (non-hydrogen) atoms. The number of halogens is 1. The van der Waals surface area contributed by atoms with Crippen LogP contribution >= 0.6 is 20.8 Å². The van der Waals surface area contributed by atoms with Crippen LogP contribution in [0.15, 0.2) is 115 Å². The molecule has 0 atom stereocenters. The Labute approximate surface area is 180 Å². The van der Waals surface area contributed by atoms with Gasteiger partial charge in [0.2, 0.25) is 0 Å². The number of benzene rings is 4. The molecular formula is C26H21BrNP. The predicted octanol–water partition coefficient (Wildman–Crippen LogP) is 5.90. The van der Waals surface area contributed by atoms with Crippen molar-refractivity contribution in [3.63, 3.8) is 0 Å². The SMILES string of the molecule is N#Cc1cccc(CP(Br)(c2ccccc2)(c2ccccc2)c2ccccc2)c1. The molecule has 0 saturated carbocycles. The monoisotopic (exact) mass is 457 g/mol. The van der Waals surface area contributed by atoms with E-state index < -0.39 is 5.31 Å². The van der Waals surface area contributed by atoms with E-state index in [1.54, 1.807) is 0 Å². The summed E-state index contributed by atoms with van der Waals surface area (Å²) in [5, 5.41) is 10.2. The van der Waals surface area contributed by atoms with Gasteiger partial charge in [-0.15, -0.1) is 0 Å². The van der Waals surface area contributed by atoms with Crippen LogP contribution in [0, 0.1) is 11.3 Å². The van der Waals surface area contributed by atoms with E-state index in [1.165, 1.54) is 15.9 Å². The summed E-state index contributed by atoms with van der Waals surface area (Å²) in [6, 6.07) is 42.4. The fraction of sp³-hybridized carbons (Fsp3) is 0.0385. The van der Waals surface area contributed by atoms with Crippen molar-refractivity contribution in [1.29, 1.82) is 5.26 Å². The van der Waals surface area contributed by atoms with Crippen LogP contribution in [0.2, 0.25) is 0 Å². The van der Waals surface area contributed by atoms with Crippen LogP contribution in [0.25, 0.3) is 0 Å². The molecular weight excluding hydrogens is 437 g/mol. The third-order valence-corrected chi connectivity index (χ3v) is 14.9. The maximum absolute atomic E-state index is 9.42. The summed E-state index contributed by atoms with van der Waals surface area (Å²) in [6.45, 7) is 0. The minimum absolute atomic E-state index is 0.689. The first-order valence-corrected chi connectivity index (χ1v) is 14.0. The number of rotatable bonds is 5. The molecule has 0 aliphatic carbocycles. The summed E-state index contributed by atoms with van der Waals surface area (Å²) < 4.78 is 0. The zero-order chi connectivity index (χ0) is 20.2. The molecule has 3 heteroatoms. The van der Waals surface area contributed by atoms with Gasteiger partial charge in [0, 0.05) is 0 Å². The Bertz CT molecular complexity index is 1050. The molecule has 0 aliphatic heterocycles. The van der Waals surface area contributed by atoms with Crippen molar-refractivity contribution in [3.05, 3.63) is 126 Å². The summed E-state index contributed by atoms with van der Waals surface area (Å²) in [5.74, 6) is 0. The van der Waals surface area contributed by atoms with Crippen molar-refractivity contribution >= 4 is 36.7 Å². The zero-order valence-electron chi connectivity index (χ0n) is 15.9. The van der Waals surface area contributed by atoms with Gasteiger partial charge in [-0.25, -0.2) is 0 Å². The van der Waals surface area contributed by atoms with Crippen molar-refractivity contribution in [2.45, 2.75) is 6.16 Å². The minimum atomic E-state index is -3.01. The standard InChI is InChI=1S/C26H21BrNP/c27-29(24-13-4-1-5-14-24,25-15-6-2-7-16-25,26-17-8-3-9-18-26)21-23-12-10-11-22(19-23)20-28/h1-19H,21H2. The van der Waals surface area contributed by atoms with Gasteiger partial charge in [0.15, 0.2) is 0 Å². The molecule has 0 saturated heterocycles. The number of nitriles is 1. The van der Waals surface area contributed by atoms with Gasteiger partial charge in [-0.1, -0.05) is 0 Å². The van der Waals surface area contributed by atoms with Crippen molar-refractivity contribution in [2.24, 2.45) is 0 Å². The first-order chi connectivity index (χ1) is 14.1. The van der Waals surface area contributed by atoms with Gasteiger partial charge in [0.05, 0.1) is 0 Å². The molecule has 142 valence electrons. The van der Waals surface area contributed by atoms with Gasteiger partial charge in [-0.05, 0) is 0 Å². The molecule has 4 rings (SSSR count). The van der Waals surface area contributed by atoms with Crippen molar-refractivity contribution < 1.29 is 0 Å². The third kappa shape index (κ3) is 3.42. The molecule has 1 nitrogen and oxygen atoms in total. The predicted molar refractivity (Wildman–Crippen MR) is 129 cm³/mol. The summed E-state index contributed by atoms with van der Waals surface area (Å²) in [4.78, 5) is 0. The Morgan fingerprint density at radius 2 is 1.07 bits per heavy atom. The second-order valence-electron chi connectivity index (χ2n) is 7.16. The topological polar surface area (TPSA) is 23.8 Å². The number of hydrogen-bond acceptors (Lipinski definition) is 1. The van der Waals surface area contributed by atoms with Crippen LogP contribution in [0.5, 0.6) is 0 Å². The van der Waals surface area contributed by atoms with Crippen LogP contribution < -0.4 is 15.9 Å². The molecule has 4 aromatic carbocycles. The van der Waals surface area contributed by atoms with E-state index in [0.717, 1.165) is 11.7 Å². The summed E-state index contributed by atoms with van der Waals surface area (Å²) >= 11 is 4.45. The van der Waals surface area contributed by atoms with Crippen LogP contribution in [0.4, 0.5) is 0 Å². The zero-order valence-corrected chi connectivity index (χ0v) is 18.4. The molecule has 4 aromatic rings. The molecule has 0 aliphatic rings. The molecule has 0 amide bonds. The molecule has 0 heterocycles. The van der Waals surface area contributed by atoms with Crippen molar-refractivity contribution in [2.75, 3.05) is 0 Å². The fourth-order valence-electron chi connectivity index (χ4n) is 4.02. The summed E-state index contributed by atoms with van der Waals surface area (Å²) in [7, 11) is 0. The van der Waals surface area contributed by atoms with E-state index in [-0.39, 0.29) is 0 Å². The molecule has 0 N–H and O–H groups in total. The molecule has 0 radical (unpaired) electrons. The Balaban J connectivity index is 2.08. The molecule has 0 unspecified atom stereocenters. The van der Waals surface area contributed by atoms with E-state index in [4.69, 9.17) is 0 Å². The summed E-state index contributed by atoms with van der Waals surface area (Å²) in [5.41, 5.74) is 1.84. The molecule has 0 fully saturated rings. The van der Waals surface area contributed by atoms with Crippen LogP contribution in [0.1, 0.15) is 11.1 Å². The van der Waals surface area contributed by atoms with Crippen molar-refractivity contribution in [3.8, 4) is 6.07 Å². The van der Waals surface area contributed by atoms with E-state index in [0.29, 0.717) is 5.56 Å². The third-order valence-electron chi connectivity index (χ3n) is 5.42. The normalized spacial score (nSPS) is 12.5. The molecule has 0 bridgehead atoms. The van der Waals surface area contributed by atoms with Gasteiger partial charge in [0.25, 0.3) is 0 Å². The Morgan fingerprint density at radius 1 is 0.621 bits per heavy atom. The van der Waals surface area contributed by atoms with Gasteiger partial charge in [-0.2, -0.15) is 0 Å². The van der Waals surface area contributed by atoms with E-state index in [2.05, 4.69) is 119 Å². The maximum atomic E-state index is 9.42. The van der Waals surface area contributed by atoms with Gasteiger partial charge in [-0.3, -0.25) is 0 Å². The summed E-state index contributed by atoms with van der Waals surface area (Å²) in [6.07, 6.45) is 0.791. The van der Waals surface area contributed by atoms with E-state index in [9.17, 15) is 5.26 Å². The first kappa shape index (κ1) is 19.6. The Hall–Kier alpha value is -2.72. The number of hydrogen-bond donors (Lipinski definition) is 0. The van der Waals surface area contributed by atoms with Crippen molar-refractivity contribution in [1.82, 2.24) is 0 Å². The molecule has 0 spiro atoms. The Kier molecular flexibility index (Phi) is 5.37. The van der Waals surface area contributed by atoms with Gasteiger partial charge >= 0.3 is 181 Å². The number of nitrogens with zero attached hydrogens (tertiary/aromatic N) is 1. The van der Waals surface area contributed by atoms with Gasteiger partial charge < -0.3 is 0 Å².